The number of benzene rings is 1. The maximum atomic E-state index is 7.13. The van der Waals surface area contributed by atoms with Gasteiger partial charge in [0.2, 0.25) is 0 Å². The number of aryl methyl sites for hydroxylation is 1. The summed E-state index contributed by atoms with van der Waals surface area (Å²) in [6.07, 6.45) is 1.08. The molecule has 2 rings (SSSR count). The van der Waals surface area contributed by atoms with Gasteiger partial charge in [0.1, 0.15) is 0 Å². The van der Waals surface area contributed by atoms with Crippen LogP contribution in [0.1, 0.15) is 29.5 Å². The molecule has 2 heteroatoms. The molecule has 1 atom stereocenters. The molecule has 0 amide bonds. The fourth-order valence-corrected chi connectivity index (χ4v) is 2.22. The number of hydrogen-bond acceptors (Lipinski definition) is 1. The summed E-state index contributed by atoms with van der Waals surface area (Å²) < 4.78 is 0. The predicted molar refractivity (Wildman–Crippen MR) is 62.4 cm³/mol. The second kappa shape index (κ2) is 4.04. The summed E-state index contributed by atoms with van der Waals surface area (Å²) in [5.74, 6) is 0.517. The highest BCUT2D eigenvalue weighted by Gasteiger charge is 2.15. The Morgan fingerprint density at radius 2 is 2.27 bits per heavy atom. The number of nitrogens with zero attached hydrogens (tertiary/aromatic N) is 1. The highest BCUT2D eigenvalue weighted by molar-refractivity contribution is 5.57. The summed E-state index contributed by atoms with van der Waals surface area (Å²) in [5.41, 5.74) is 4.69. The number of hydrogen-bond donors (Lipinski definition) is 1. The second-order valence-electron chi connectivity index (χ2n) is 4.30. The molecule has 1 aliphatic rings. The van der Waals surface area contributed by atoms with Crippen molar-refractivity contribution in [1.82, 2.24) is 5.32 Å². The minimum absolute atomic E-state index is 0.517. The van der Waals surface area contributed by atoms with Crippen molar-refractivity contribution in [2.75, 3.05) is 13.1 Å². The fourth-order valence-electron chi connectivity index (χ4n) is 2.22. The van der Waals surface area contributed by atoms with Crippen LogP contribution in [0.2, 0.25) is 0 Å². The lowest BCUT2D eigenvalue weighted by atomic mass is 9.93. The molecule has 1 unspecified atom stereocenters. The Morgan fingerprint density at radius 3 is 3.00 bits per heavy atom. The third-order valence-corrected chi connectivity index (χ3v) is 3.13. The van der Waals surface area contributed by atoms with Gasteiger partial charge >= 0.3 is 0 Å². The van der Waals surface area contributed by atoms with Crippen molar-refractivity contribution in [2.24, 2.45) is 0 Å². The summed E-state index contributed by atoms with van der Waals surface area (Å²) in [5, 5.41) is 3.42. The van der Waals surface area contributed by atoms with Crippen LogP contribution in [0.5, 0.6) is 0 Å². The average Bonchev–Trinajstić information content (AvgIpc) is 2.40. The van der Waals surface area contributed by atoms with E-state index in [-0.39, 0.29) is 0 Å². The third kappa shape index (κ3) is 1.88. The van der Waals surface area contributed by atoms with Gasteiger partial charge < -0.3 is 5.32 Å². The van der Waals surface area contributed by atoms with Crippen molar-refractivity contribution >= 4 is 5.69 Å². The average molecular weight is 200 g/mol. The molecule has 2 nitrogen and oxygen atoms in total. The maximum Gasteiger partial charge on any atom is 0.190 e. The van der Waals surface area contributed by atoms with Crippen LogP contribution in [0.25, 0.3) is 4.85 Å². The topological polar surface area (TPSA) is 16.4 Å². The van der Waals surface area contributed by atoms with Crippen LogP contribution >= 0.6 is 0 Å². The Labute approximate surface area is 91.1 Å². The van der Waals surface area contributed by atoms with Crippen molar-refractivity contribution in [3.05, 3.63) is 40.2 Å². The van der Waals surface area contributed by atoms with Crippen LogP contribution in [-0.2, 0) is 6.42 Å². The van der Waals surface area contributed by atoms with Crippen molar-refractivity contribution < 1.29 is 0 Å². The van der Waals surface area contributed by atoms with Crippen molar-refractivity contribution in [3.8, 4) is 0 Å². The van der Waals surface area contributed by atoms with Gasteiger partial charge in [-0.25, -0.2) is 4.85 Å². The van der Waals surface area contributed by atoms with E-state index in [1.54, 1.807) is 0 Å². The predicted octanol–water partition coefficient (Wildman–Crippen LogP) is 2.80. The van der Waals surface area contributed by atoms with Gasteiger partial charge in [-0.15, -0.1) is 0 Å². The molecule has 1 aliphatic heterocycles. The SMILES string of the molecule is [C-]#[N+]c1cc2c(cc1C)CCNCC2C. The van der Waals surface area contributed by atoms with Crippen LogP contribution in [0.4, 0.5) is 5.69 Å². The van der Waals surface area contributed by atoms with Gasteiger partial charge in [-0.05, 0) is 36.9 Å². The summed E-state index contributed by atoms with van der Waals surface area (Å²) in [4.78, 5) is 3.57. The van der Waals surface area contributed by atoms with E-state index in [0.29, 0.717) is 5.92 Å². The van der Waals surface area contributed by atoms with E-state index in [2.05, 4.69) is 29.2 Å². The Morgan fingerprint density at radius 1 is 1.47 bits per heavy atom. The van der Waals surface area contributed by atoms with Crippen LogP contribution < -0.4 is 5.32 Å². The van der Waals surface area contributed by atoms with Gasteiger partial charge in [0.05, 0.1) is 6.57 Å². The number of nitrogens with one attached hydrogen (secondary N) is 1. The van der Waals surface area contributed by atoms with E-state index in [1.165, 1.54) is 11.1 Å². The molecule has 1 heterocycles. The summed E-state index contributed by atoms with van der Waals surface area (Å²) in [7, 11) is 0. The van der Waals surface area contributed by atoms with E-state index < -0.39 is 0 Å². The monoisotopic (exact) mass is 200 g/mol. The Hall–Kier alpha value is -1.33. The van der Waals surface area contributed by atoms with Gasteiger partial charge in [0.25, 0.3) is 0 Å². The minimum atomic E-state index is 0.517. The van der Waals surface area contributed by atoms with Gasteiger partial charge in [-0.1, -0.05) is 24.6 Å². The molecule has 0 saturated heterocycles. The molecule has 0 radical (unpaired) electrons. The molecule has 1 aromatic carbocycles. The molecule has 1 N–H and O–H groups in total. The molecule has 0 saturated carbocycles. The van der Waals surface area contributed by atoms with E-state index in [9.17, 15) is 0 Å². The first kappa shape index (κ1) is 10.2. The summed E-state index contributed by atoms with van der Waals surface area (Å²) >= 11 is 0. The van der Waals surface area contributed by atoms with Gasteiger partial charge in [0, 0.05) is 6.54 Å². The second-order valence-corrected chi connectivity index (χ2v) is 4.30. The first-order valence-electron chi connectivity index (χ1n) is 5.44. The zero-order chi connectivity index (χ0) is 10.8. The lowest BCUT2D eigenvalue weighted by Crippen LogP contribution is -2.18. The first-order chi connectivity index (χ1) is 7.22. The highest BCUT2D eigenvalue weighted by atomic mass is 14.9. The number of rotatable bonds is 0. The van der Waals surface area contributed by atoms with Crippen LogP contribution in [0.15, 0.2) is 12.1 Å². The van der Waals surface area contributed by atoms with Crippen LogP contribution in [-0.4, -0.2) is 13.1 Å². The molecule has 0 spiro atoms. The quantitative estimate of drug-likeness (QED) is 0.637. The van der Waals surface area contributed by atoms with Gasteiger partial charge in [-0.2, -0.15) is 0 Å². The molecule has 0 fully saturated rings. The molecular formula is C13H16N2. The first-order valence-corrected chi connectivity index (χ1v) is 5.44. The van der Waals surface area contributed by atoms with Crippen LogP contribution in [0.3, 0.4) is 0 Å². The van der Waals surface area contributed by atoms with E-state index >= 15 is 0 Å². The van der Waals surface area contributed by atoms with Gasteiger partial charge in [0.15, 0.2) is 5.69 Å². The van der Waals surface area contributed by atoms with E-state index in [0.717, 1.165) is 30.8 Å². The molecular weight excluding hydrogens is 184 g/mol. The molecule has 0 aromatic heterocycles. The van der Waals surface area contributed by atoms with Crippen molar-refractivity contribution in [2.45, 2.75) is 26.2 Å². The largest absolute Gasteiger partial charge is 0.316 e. The molecule has 0 bridgehead atoms. The molecule has 0 aliphatic carbocycles. The molecule has 15 heavy (non-hydrogen) atoms. The summed E-state index contributed by atoms with van der Waals surface area (Å²) in [6, 6.07) is 4.27. The van der Waals surface area contributed by atoms with Crippen molar-refractivity contribution in [3.63, 3.8) is 0 Å². The standard InChI is InChI=1S/C13H16N2/c1-9-6-11-4-5-15-8-10(2)12(11)7-13(9)14-3/h6-7,10,15H,4-5,8H2,1-2H3. The maximum absolute atomic E-state index is 7.13. The molecule has 78 valence electrons. The van der Waals surface area contributed by atoms with Gasteiger partial charge in [-0.3, -0.25) is 0 Å². The van der Waals surface area contributed by atoms with E-state index in [4.69, 9.17) is 6.57 Å². The minimum Gasteiger partial charge on any atom is -0.316 e. The fraction of sp³-hybridized carbons (Fsp3) is 0.462. The lowest BCUT2D eigenvalue weighted by Gasteiger charge is -2.14. The van der Waals surface area contributed by atoms with Crippen molar-refractivity contribution in [1.29, 1.82) is 0 Å². The Balaban J connectivity index is 2.53. The third-order valence-electron chi connectivity index (χ3n) is 3.13. The highest BCUT2D eigenvalue weighted by Crippen LogP contribution is 2.29. The summed E-state index contributed by atoms with van der Waals surface area (Å²) in [6.45, 7) is 13.4. The van der Waals surface area contributed by atoms with E-state index in [1.807, 2.05) is 6.92 Å². The normalized spacial score (nSPS) is 20.2. The molecule has 1 aromatic rings. The Bertz CT molecular complexity index is 415. The smallest absolute Gasteiger partial charge is 0.190 e. The number of fused-ring (bicyclic) bond motifs is 1. The zero-order valence-corrected chi connectivity index (χ0v) is 9.30. The Kier molecular flexibility index (Phi) is 2.75. The lowest BCUT2D eigenvalue weighted by molar-refractivity contribution is 0.644. The van der Waals surface area contributed by atoms with Crippen LogP contribution in [0, 0.1) is 13.5 Å². The zero-order valence-electron chi connectivity index (χ0n) is 9.30.